The predicted octanol–water partition coefficient (Wildman–Crippen LogP) is 3.53. The molecule has 1 heterocycles. The highest BCUT2D eigenvalue weighted by Crippen LogP contribution is 2.22. The summed E-state index contributed by atoms with van der Waals surface area (Å²) in [5.74, 6) is -0.967. The van der Waals surface area contributed by atoms with Crippen LogP contribution in [0.1, 0.15) is 25.8 Å². The standard InChI is InChI=1S/C21H24BrN3O5S/c1-12(2)9-17(20(26)23-14-5-7-16(22)13(3)10-14)24-31(28,29)15-6-8-18-19(11-15)30-21(27)25(18)4/h5-8,10-12,17,24H,9H2,1-4H3,(H,23,26). The highest BCUT2D eigenvalue weighted by molar-refractivity contribution is 9.10. The Balaban J connectivity index is 1.87. The second-order valence-electron chi connectivity index (χ2n) is 7.81. The number of fused-ring (bicyclic) bond motifs is 1. The molecule has 0 fully saturated rings. The molecule has 31 heavy (non-hydrogen) atoms. The quantitative estimate of drug-likeness (QED) is 0.506. The lowest BCUT2D eigenvalue weighted by Crippen LogP contribution is -2.44. The summed E-state index contributed by atoms with van der Waals surface area (Å²) in [6, 6.07) is 8.53. The molecule has 0 radical (unpaired) electrons. The van der Waals surface area contributed by atoms with Gasteiger partial charge in [-0.2, -0.15) is 4.72 Å². The van der Waals surface area contributed by atoms with E-state index in [0.717, 1.165) is 10.0 Å². The third kappa shape index (κ3) is 5.25. The fourth-order valence-corrected chi connectivity index (χ4v) is 4.64. The van der Waals surface area contributed by atoms with Gasteiger partial charge in [0.1, 0.15) is 6.04 Å². The van der Waals surface area contributed by atoms with Crippen LogP contribution in [0.2, 0.25) is 0 Å². The van der Waals surface area contributed by atoms with Crippen LogP contribution >= 0.6 is 15.9 Å². The number of aromatic nitrogens is 1. The first kappa shape index (κ1) is 23.2. The maximum absolute atomic E-state index is 13.0. The number of aryl methyl sites for hydroxylation is 2. The van der Waals surface area contributed by atoms with Crippen molar-refractivity contribution < 1.29 is 17.6 Å². The Morgan fingerprint density at radius 1 is 1.19 bits per heavy atom. The van der Waals surface area contributed by atoms with Crippen LogP contribution < -0.4 is 15.8 Å². The molecule has 2 aromatic carbocycles. The highest BCUT2D eigenvalue weighted by atomic mass is 79.9. The molecular formula is C21H24BrN3O5S. The number of benzene rings is 2. The van der Waals surface area contributed by atoms with Crippen LogP contribution in [-0.2, 0) is 21.9 Å². The predicted molar refractivity (Wildman–Crippen MR) is 123 cm³/mol. The average molecular weight is 510 g/mol. The Morgan fingerprint density at radius 3 is 2.55 bits per heavy atom. The van der Waals surface area contributed by atoms with Crippen LogP contribution in [0, 0.1) is 12.8 Å². The van der Waals surface area contributed by atoms with Gasteiger partial charge in [-0.05, 0) is 55.2 Å². The molecule has 1 aromatic heterocycles. The van der Waals surface area contributed by atoms with Gasteiger partial charge in [0, 0.05) is 23.3 Å². The molecule has 0 saturated heterocycles. The molecular weight excluding hydrogens is 486 g/mol. The van der Waals surface area contributed by atoms with Gasteiger partial charge in [0.15, 0.2) is 5.58 Å². The molecule has 10 heteroatoms. The van der Waals surface area contributed by atoms with E-state index in [1.165, 1.54) is 29.8 Å². The van der Waals surface area contributed by atoms with Crippen LogP contribution in [0.15, 0.2) is 55.0 Å². The summed E-state index contributed by atoms with van der Waals surface area (Å²) in [6.45, 7) is 5.71. The van der Waals surface area contributed by atoms with Crippen molar-refractivity contribution in [3.8, 4) is 0 Å². The second-order valence-corrected chi connectivity index (χ2v) is 10.4. The topological polar surface area (TPSA) is 110 Å². The van der Waals surface area contributed by atoms with Gasteiger partial charge in [-0.1, -0.05) is 29.8 Å². The minimum atomic E-state index is -4.04. The molecule has 2 N–H and O–H groups in total. The van der Waals surface area contributed by atoms with Crippen molar-refractivity contribution in [3.05, 3.63) is 57.0 Å². The lowest BCUT2D eigenvalue weighted by molar-refractivity contribution is -0.118. The van der Waals surface area contributed by atoms with Gasteiger partial charge in [-0.15, -0.1) is 0 Å². The van der Waals surface area contributed by atoms with E-state index in [-0.39, 0.29) is 16.4 Å². The Morgan fingerprint density at radius 2 is 1.90 bits per heavy atom. The maximum Gasteiger partial charge on any atom is 0.419 e. The molecule has 0 aliphatic rings. The van der Waals surface area contributed by atoms with Crippen molar-refractivity contribution in [1.29, 1.82) is 0 Å². The molecule has 0 bridgehead atoms. The largest absolute Gasteiger partial charge is 0.419 e. The van der Waals surface area contributed by atoms with Crippen molar-refractivity contribution in [2.75, 3.05) is 5.32 Å². The fourth-order valence-electron chi connectivity index (χ4n) is 3.17. The van der Waals surface area contributed by atoms with Crippen LogP contribution in [0.5, 0.6) is 0 Å². The summed E-state index contributed by atoms with van der Waals surface area (Å²) in [5, 5.41) is 2.78. The van der Waals surface area contributed by atoms with Crippen LogP contribution in [0.3, 0.4) is 0 Å². The molecule has 3 aromatic rings. The van der Waals surface area contributed by atoms with E-state index in [0.29, 0.717) is 17.6 Å². The van der Waals surface area contributed by atoms with Crippen molar-refractivity contribution in [2.45, 2.75) is 38.1 Å². The van der Waals surface area contributed by atoms with Gasteiger partial charge in [0.05, 0.1) is 10.4 Å². The summed E-state index contributed by atoms with van der Waals surface area (Å²) in [4.78, 5) is 24.5. The lowest BCUT2D eigenvalue weighted by Gasteiger charge is -2.20. The molecule has 0 aliphatic heterocycles. The number of hydrogen-bond acceptors (Lipinski definition) is 5. The van der Waals surface area contributed by atoms with E-state index in [2.05, 4.69) is 26.0 Å². The third-order valence-electron chi connectivity index (χ3n) is 4.82. The number of halogens is 1. The normalized spacial score (nSPS) is 13.0. The summed E-state index contributed by atoms with van der Waals surface area (Å²) in [7, 11) is -2.51. The number of nitrogens with one attached hydrogen (secondary N) is 2. The molecule has 1 unspecified atom stereocenters. The van der Waals surface area contributed by atoms with Crippen molar-refractivity contribution >= 4 is 48.6 Å². The Hall–Kier alpha value is -2.43. The second kappa shape index (κ2) is 8.97. The number of hydrogen-bond donors (Lipinski definition) is 2. The van der Waals surface area contributed by atoms with Crippen molar-refractivity contribution in [3.63, 3.8) is 0 Å². The minimum absolute atomic E-state index is 0.0692. The Kier molecular flexibility index (Phi) is 6.73. The summed E-state index contributed by atoms with van der Waals surface area (Å²) in [6.07, 6.45) is 0.309. The summed E-state index contributed by atoms with van der Waals surface area (Å²) >= 11 is 3.41. The first-order chi connectivity index (χ1) is 14.5. The first-order valence-corrected chi connectivity index (χ1v) is 11.9. The van der Waals surface area contributed by atoms with Gasteiger partial charge in [0.2, 0.25) is 15.9 Å². The third-order valence-corrected chi connectivity index (χ3v) is 7.18. The summed E-state index contributed by atoms with van der Waals surface area (Å²) < 4.78 is 35.8. The van der Waals surface area contributed by atoms with E-state index in [4.69, 9.17) is 4.42 Å². The number of rotatable bonds is 7. The smallest absolute Gasteiger partial charge is 0.408 e. The van der Waals surface area contributed by atoms with Gasteiger partial charge in [-0.25, -0.2) is 13.2 Å². The number of carbonyl (C=O) groups is 1. The monoisotopic (exact) mass is 509 g/mol. The molecule has 0 aliphatic carbocycles. The number of oxazole rings is 1. The Bertz CT molecular complexity index is 1290. The number of nitrogens with zero attached hydrogens (tertiary/aromatic N) is 1. The number of amides is 1. The van der Waals surface area contributed by atoms with Crippen molar-refractivity contribution in [1.82, 2.24) is 9.29 Å². The summed E-state index contributed by atoms with van der Waals surface area (Å²) in [5.41, 5.74) is 2.15. The lowest BCUT2D eigenvalue weighted by atomic mass is 10.0. The van der Waals surface area contributed by atoms with Crippen LogP contribution in [-0.4, -0.2) is 24.9 Å². The highest BCUT2D eigenvalue weighted by Gasteiger charge is 2.27. The van der Waals surface area contributed by atoms with E-state index < -0.39 is 27.7 Å². The molecule has 166 valence electrons. The minimum Gasteiger partial charge on any atom is -0.408 e. The average Bonchev–Trinajstić information content (AvgIpc) is 2.97. The zero-order chi connectivity index (χ0) is 22.9. The Labute approximate surface area is 188 Å². The van der Waals surface area contributed by atoms with Gasteiger partial charge in [0.25, 0.3) is 0 Å². The molecule has 3 rings (SSSR count). The van der Waals surface area contributed by atoms with Crippen LogP contribution in [0.25, 0.3) is 11.1 Å². The van der Waals surface area contributed by atoms with Gasteiger partial charge >= 0.3 is 5.76 Å². The van der Waals surface area contributed by atoms with Gasteiger partial charge < -0.3 is 9.73 Å². The number of anilines is 1. The number of sulfonamides is 1. The zero-order valence-corrected chi connectivity index (χ0v) is 20.0. The SMILES string of the molecule is Cc1cc(NC(=O)C(CC(C)C)NS(=O)(=O)c2ccc3c(c2)oc(=O)n3C)ccc1Br. The zero-order valence-electron chi connectivity index (χ0n) is 17.6. The first-order valence-electron chi connectivity index (χ1n) is 9.67. The van der Waals surface area contributed by atoms with Crippen molar-refractivity contribution in [2.24, 2.45) is 13.0 Å². The van der Waals surface area contributed by atoms with Crippen LogP contribution in [0.4, 0.5) is 5.69 Å². The van der Waals surface area contributed by atoms with E-state index in [1.807, 2.05) is 26.8 Å². The maximum atomic E-state index is 13.0. The van der Waals surface area contributed by atoms with E-state index in [1.54, 1.807) is 12.1 Å². The fraction of sp³-hybridized carbons (Fsp3) is 0.333. The molecule has 8 nitrogen and oxygen atoms in total. The molecule has 0 spiro atoms. The van der Waals surface area contributed by atoms with Gasteiger partial charge in [-0.3, -0.25) is 9.36 Å². The molecule has 1 atom stereocenters. The van der Waals surface area contributed by atoms with E-state index in [9.17, 15) is 18.0 Å². The molecule has 1 amide bonds. The molecule has 0 saturated carbocycles. The number of carbonyl (C=O) groups excluding carboxylic acids is 1. The van der Waals surface area contributed by atoms with E-state index >= 15 is 0 Å².